The number of carbonyl (C=O) groups excluding carboxylic acids is 1. The molecule has 2 aliphatic carbocycles. The zero-order chi connectivity index (χ0) is 20.8. The fourth-order valence-electron chi connectivity index (χ4n) is 3.82. The number of esters is 1. The topological polar surface area (TPSA) is 77.0 Å². The predicted molar refractivity (Wildman–Crippen MR) is 119 cm³/mol. The minimum absolute atomic E-state index is 0.172. The van der Waals surface area contributed by atoms with Gasteiger partial charge < -0.3 is 9.72 Å². The largest absolute Gasteiger partial charge is 0.462 e. The van der Waals surface area contributed by atoms with Crippen molar-refractivity contribution in [1.29, 1.82) is 0 Å². The summed E-state index contributed by atoms with van der Waals surface area (Å²) in [7, 11) is 0. The average Bonchev–Trinajstić information content (AvgIpc) is 3.20. The molecule has 1 N–H and O–H groups in total. The molecule has 2 aliphatic rings. The zero-order valence-corrected chi connectivity index (χ0v) is 17.6. The van der Waals surface area contributed by atoms with Gasteiger partial charge in [-0.15, -0.1) is 0 Å². The van der Waals surface area contributed by atoms with Gasteiger partial charge in [-0.1, -0.05) is 46.3 Å². The third-order valence-corrected chi connectivity index (χ3v) is 5.64. The van der Waals surface area contributed by atoms with Crippen LogP contribution >= 0.6 is 15.9 Å². The SMILES string of the molecule is CCOC(=O)c1c2cccccc-2c2c(=O)c3cnn(-c4ccc(Br)cc4)c3[nH]c12. The molecule has 0 bridgehead atoms. The van der Waals surface area contributed by atoms with E-state index >= 15 is 0 Å². The molecule has 0 radical (unpaired) electrons. The number of hydrogen-bond acceptors (Lipinski definition) is 4. The molecule has 0 saturated heterocycles. The molecule has 0 saturated carbocycles. The summed E-state index contributed by atoms with van der Waals surface area (Å²) in [6, 6.07) is 16.8. The Morgan fingerprint density at radius 2 is 1.83 bits per heavy atom. The van der Waals surface area contributed by atoms with Gasteiger partial charge in [-0.25, -0.2) is 9.48 Å². The fraction of sp³-hybridized carbons (Fsp3) is 0.0870. The van der Waals surface area contributed by atoms with E-state index in [1.807, 2.05) is 54.6 Å². The van der Waals surface area contributed by atoms with Gasteiger partial charge in [0, 0.05) is 4.47 Å². The molecule has 3 aromatic rings. The molecule has 0 atom stereocenters. The number of nitrogens with one attached hydrogen (secondary N) is 1. The van der Waals surface area contributed by atoms with E-state index in [0.29, 0.717) is 38.6 Å². The molecular formula is C23H16BrN3O3. The van der Waals surface area contributed by atoms with Crippen LogP contribution in [-0.4, -0.2) is 27.3 Å². The van der Waals surface area contributed by atoms with E-state index in [0.717, 1.165) is 10.2 Å². The van der Waals surface area contributed by atoms with E-state index in [1.54, 1.807) is 17.8 Å². The number of benzene rings is 1. The van der Waals surface area contributed by atoms with E-state index in [2.05, 4.69) is 26.0 Å². The lowest BCUT2D eigenvalue weighted by Gasteiger charge is -2.05. The van der Waals surface area contributed by atoms with Gasteiger partial charge in [-0.2, -0.15) is 5.10 Å². The molecule has 0 fully saturated rings. The Kier molecular flexibility index (Phi) is 4.40. The average molecular weight is 462 g/mol. The van der Waals surface area contributed by atoms with Crippen molar-refractivity contribution >= 4 is 43.8 Å². The Morgan fingerprint density at radius 3 is 2.57 bits per heavy atom. The van der Waals surface area contributed by atoms with Crippen molar-refractivity contribution in [2.75, 3.05) is 6.61 Å². The summed E-state index contributed by atoms with van der Waals surface area (Å²) in [6.45, 7) is 2.00. The molecule has 6 nitrogen and oxygen atoms in total. The summed E-state index contributed by atoms with van der Waals surface area (Å²) in [5.74, 6) is -0.464. The quantitative estimate of drug-likeness (QED) is 0.387. The molecule has 0 aliphatic heterocycles. The van der Waals surface area contributed by atoms with E-state index < -0.39 is 5.97 Å². The normalized spacial score (nSPS) is 11.4. The lowest BCUT2D eigenvalue weighted by Crippen LogP contribution is -2.08. The highest BCUT2D eigenvalue weighted by atomic mass is 79.9. The first-order valence-electron chi connectivity index (χ1n) is 9.47. The van der Waals surface area contributed by atoms with Crippen molar-refractivity contribution in [3.63, 3.8) is 0 Å². The van der Waals surface area contributed by atoms with Gasteiger partial charge in [-0.3, -0.25) is 4.79 Å². The first-order valence-corrected chi connectivity index (χ1v) is 10.3. The second-order valence-corrected chi connectivity index (χ2v) is 7.75. The first-order chi connectivity index (χ1) is 14.6. The molecule has 30 heavy (non-hydrogen) atoms. The highest BCUT2D eigenvalue weighted by molar-refractivity contribution is 9.10. The molecule has 0 unspecified atom stereocenters. The third-order valence-electron chi connectivity index (χ3n) is 5.11. The van der Waals surface area contributed by atoms with Gasteiger partial charge in [-0.05, 0) is 42.3 Å². The predicted octanol–water partition coefficient (Wildman–Crippen LogP) is 4.91. The summed E-state index contributed by atoms with van der Waals surface area (Å²) in [4.78, 5) is 29.6. The van der Waals surface area contributed by atoms with E-state index in [1.165, 1.54) is 0 Å². The molecule has 2 heterocycles. The Morgan fingerprint density at radius 1 is 1.10 bits per heavy atom. The number of nitrogens with zero attached hydrogens (tertiary/aromatic N) is 2. The summed E-state index contributed by atoms with van der Waals surface area (Å²) >= 11 is 3.43. The van der Waals surface area contributed by atoms with Crippen LogP contribution in [0.3, 0.4) is 0 Å². The second kappa shape index (κ2) is 7.11. The lowest BCUT2D eigenvalue weighted by molar-refractivity contribution is 0.0529. The van der Waals surface area contributed by atoms with Crippen LogP contribution in [-0.2, 0) is 4.74 Å². The van der Waals surface area contributed by atoms with Crippen LogP contribution in [0.4, 0.5) is 0 Å². The standard InChI is InChI=1S/C23H16BrN3O3/c1-2-30-23(29)19-16-7-5-3-4-6-15(16)18-20(19)26-22-17(21(18)28)12-25-27(22)14-10-8-13(24)9-11-14/h3-12H,2H2,1H3,(H,26,28). The van der Waals surface area contributed by atoms with Gasteiger partial charge in [0.1, 0.15) is 5.65 Å². The van der Waals surface area contributed by atoms with Crippen molar-refractivity contribution in [3.8, 4) is 16.8 Å². The number of carbonyl (C=O) groups is 1. The Hall–Kier alpha value is -3.45. The number of hydrogen-bond donors (Lipinski definition) is 1. The van der Waals surface area contributed by atoms with E-state index in [9.17, 15) is 9.59 Å². The Balaban J connectivity index is 1.91. The maximum absolute atomic E-state index is 13.5. The monoisotopic (exact) mass is 461 g/mol. The van der Waals surface area contributed by atoms with Gasteiger partial charge in [0.25, 0.3) is 0 Å². The number of ether oxygens (including phenoxy) is 1. The summed E-state index contributed by atoms with van der Waals surface area (Å²) in [5, 5.41) is 5.34. The van der Waals surface area contributed by atoms with Gasteiger partial charge in [0.2, 0.25) is 5.43 Å². The Labute approximate surface area is 179 Å². The summed E-state index contributed by atoms with van der Waals surface area (Å²) < 4.78 is 7.91. The summed E-state index contributed by atoms with van der Waals surface area (Å²) in [6.07, 6.45) is 1.56. The first kappa shape index (κ1) is 18.6. The number of halogens is 1. The molecule has 2 aromatic heterocycles. The minimum Gasteiger partial charge on any atom is -0.462 e. The van der Waals surface area contributed by atoms with Crippen molar-refractivity contribution in [3.05, 3.63) is 81.1 Å². The molecule has 148 valence electrons. The molecule has 1 aromatic carbocycles. The highest BCUT2D eigenvalue weighted by Crippen LogP contribution is 2.37. The number of aromatic amines is 1. The van der Waals surface area contributed by atoms with Crippen molar-refractivity contribution in [2.45, 2.75) is 6.92 Å². The van der Waals surface area contributed by atoms with Crippen LogP contribution < -0.4 is 5.43 Å². The van der Waals surface area contributed by atoms with E-state index in [4.69, 9.17) is 4.74 Å². The third kappa shape index (κ3) is 2.74. The van der Waals surface area contributed by atoms with Gasteiger partial charge in [0.15, 0.2) is 0 Å². The molecule has 0 spiro atoms. The second-order valence-electron chi connectivity index (χ2n) is 6.83. The van der Waals surface area contributed by atoms with Gasteiger partial charge in [0.05, 0.1) is 40.3 Å². The maximum atomic E-state index is 13.5. The van der Waals surface area contributed by atoms with Crippen molar-refractivity contribution in [2.24, 2.45) is 0 Å². The van der Waals surface area contributed by atoms with Crippen LogP contribution in [0.25, 0.3) is 38.8 Å². The number of rotatable bonds is 3. The number of pyridine rings is 1. The van der Waals surface area contributed by atoms with Crippen LogP contribution in [0.15, 0.2) is 70.1 Å². The zero-order valence-electron chi connectivity index (χ0n) is 16.0. The maximum Gasteiger partial charge on any atom is 0.340 e. The van der Waals surface area contributed by atoms with Crippen LogP contribution in [0.5, 0.6) is 0 Å². The summed E-state index contributed by atoms with van der Waals surface area (Å²) in [5.41, 5.74) is 3.36. The molecule has 7 heteroatoms. The molecular weight excluding hydrogens is 446 g/mol. The number of aromatic nitrogens is 3. The van der Waals surface area contributed by atoms with E-state index in [-0.39, 0.29) is 12.0 Å². The van der Waals surface area contributed by atoms with Crippen molar-refractivity contribution < 1.29 is 9.53 Å². The fourth-order valence-corrected chi connectivity index (χ4v) is 4.08. The lowest BCUT2D eigenvalue weighted by atomic mass is 10.1. The number of H-pyrrole nitrogens is 1. The molecule has 0 amide bonds. The highest BCUT2D eigenvalue weighted by Gasteiger charge is 2.27. The van der Waals surface area contributed by atoms with Crippen LogP contribution in [0, 0.1) is 0 Å². The van der Waals surface area contributed by atoms with Crippen LogP contribution in [0.2, 0.25) is 0 Å². The minimum atomic E-state index is -0.464. The Bertz CT molecular complexity index is 1450. The van der Waals surface area contributed by atoms with Crippen LogP contribution in [0.1, 0.15) is 17.3 Å². The number of fused-ring (bicyclic) bond motifs is 4. The van der Waals surface area contributed by atoms with Gasteiger partial charge >= 0.3 is 5.97 Å². The van der Waals surface area contributed by atoms with Crippen molar-refractivity contribution in [1.82, 2.24) is 14.8 Å². The molecule has 5 rings (SSSR count). The smallest absolute Gasteiger partial charge is 0.340 e.